The Morgan fingerprint density at radius 3 is 2.57 bits per heavy atom. The Balaban J connectivity index is 2.07. The predicted octanol–water partition coefficient (Wildman–Crippen LogP) is 2.49. The van der Waals surface area contributed by atoms with E-state index in [-0.39, 0.29) is 30.6 Å². The highest BCUT2D eigenvalue weighted by Crippen LogP contribution is 2.18. The van der Waals surface area contributed by atoms with Gasteiger partial charge in [0.15, 0.2) is 11.6 Å². The van der Waals surface area contributed by atoms with Crippen molar-refractivity contribution in [2.45, 2.75) is 13.5 Å². The molecule has 0 aliphatic carbocycles. The number of anilines is 2. The Morgan fingerprint density at radius 2 is 1.93 bits per heavy atom. The Morgan fingerprint density at radius 1 is 1.23 bits per heavy atom. The van der Waals surface area contributed by atoms with Crippen molar-refractivity contribution in [1.29, 1.82) is 0 Å². The van der Waals surface area contributed by atoms with Crippen LogP contribution < -0.4 is 16.4 Å². The lowest BCUT2D eigenvalue weighted by molar-refractivity contribution is -0.141. The number of nitrogens with zero attached hydrogens (tertiary/aromatic N) is 3. The lowest BCUT2D eigenvalue weighted by atomic mass is 10.2. The van der Waals surface area contributed by atoms with Gasteiger partial charge in [0.25, 0.3) is 0 Å². The van der Waals surface area contributed by atoms with Gasteiger partial charge in [-0.1, -0.05) is 0 Å². The third kappa shape index (κ3) is 6.43. The van der Waals surface area contributed by atoms with E-state index >= 15 is 0 Å². The number of carbonyl (C=O) groups excluding carboxylic acids is 1. The molecule has 2 rings (SSSR count). The molecule has 0 unspecified atom stereocenters. The van der Waals surface area contributed by atoms with Crippen LogP contribution in [0.3, 0.4) is 0 Å². The van der Waals surface area contributed by atoms with Crippen molar-refractivity contribution in [2.24, 2.45) is 10.7 Å². The quantitative estimate of drug-likeness (QED) is 0.321. The van der Waals surface area contributed by atoms with E-state index in [1.807, 2.05) is 0 Å². The van der Waals surface area contributed by atoms with Crippen LogP contribution in [0.15, 0.2) is 35.2 Å². The van der Waals surface area contributed by atoms with Crippen LogP contribution in [0, 0.1) is 23.3 Å². The summed E-state index contributed by atoms with van der Waals surface area (Å²) in [5, 5.41) is 5.06. The van der Waals surface area contributed by atoms with Crippen molar-refractivity contribution in [3.05, 3.63) is 59.1 Å². The second-order valence-electron chi connectivity index (χ2n) is 5.61. The van der Waals surface area contributed by atoms with Gasteiger partial charge < -0.3 is 21.1 Å². The van der Waals surface area contributed by atoms with Crippen molar-refractivity contribution in [2.75, 3.05) is 23.8 Å². The number of aromatic nitrogens is 2. The molecule has 0 bridgehead atoms. The van der Waals surface area contributed by atoms with Gasteiger partial charge in [-0.25, -0.2) is 22.5 Å². The molecule has 12 heteroatoms. The van der Waals surface area contributed by atoms with Crippen LogP contribution >= 0.6 is 0 Å². The molecule has 1 aromatic carbocycles. The van der Waals surface area contributed by atoms with Crippen molar-refractivity contribution in [3.63, 3.8) is 0 Å². The Kier molecular flexibility index (Phi) is 8.08. The van der Waals surface area contributed by atoms with Gasteiger partial charge in [-0.3, -0.25) is 9.79 Å². The van der Waals surface area contributed by atoms with Crippen molar-refractivity contribution in [1.82, 2.24) is 9.97 Å². The summed E-state index contributed by atoms with van der Waals surface area (Å²) < 4.78 is 59.0. The Bertz CT molecular complexity index is 945. The smallest absolute Gasteiger partial charge is 0.327 e. The van der Waals surface area contributed by atoms with E-state index in [1.54, 1.807) is 6.92 Å². The first-order chi connectivity index (χ1) is 14.3. The molecule has 30 heavy (non-hydrogen) atoms. The molecule has 0 saturated carbocycles. The van der Waals surface area contributed by atoms with Crippen LogP contribution in [0.5, 0.6) is 0 Å². The van der Waals surface area contributed by atoms with E-state index in [0.29, 0.717) is 12.1 Å². The minimum atomic E-state index is -1.13. The molecule has 2 aromatic rings. The van der Waals surface area contributed by atoms with Gasteiger partial charge in [-0.15, -0.1) is 0 Å². The van der Waals surface area contributed by atoms with Crippen LogP contribution in [-0.2, 0) is 16.1 Å². The van der Waals surface area contributed by atoms with E-state index in [0.717, 1.165) is 12.4 Å². The molecule has 8 nitrogen and oxygen atoms in total. The standard InChI is InChI=1S/C18H18F4N6O2/c1-2-30-16(29)9-24-6-11(5-23)27-18-26-8-15(22)17(28-18)25-7-12-13(20)3-10(19)4-14(12)21/h3-6,8H,2,7,9,23H2,1H3,(H2,25,26,27,28)/b11-5+,24-6?. The SMILES string of the molecule is CCOC(=O)CN=C/C(=C\N)Nc1ncc(F)c(NCc2c(F)cc(F)cc2F)n1. The minimum Gasteiger partial charge on any atom is -0.465 e. The molecule has 0 fully saturated rings. The third-order valence-corrected chi connectivity index (χ3v) is 3.47. The van der Waals surface area contributed by atoms with E-state index in [2.05, 4.69) is 25.6 Å². The van der Waals surface area contributed by atoms with Crippen LogP contribution in [0.4, 0.5) is 29.3 Å². The van der Waals surface area contributed by atoms with Crippen LogP contribution in [0.25, 0.3) is 0 Å². The zero-order chi connectivity index (χ0) is 22.1. The number of benzene rings is 1. The zero-order valence-corrected chi connectivity index (χ0v) is 15.8. The maximum absolute atomic E-state index is 13.9. The largest absolute Gasteiger partial charge is 0.465 e. The molecule has 1 aromatic heterocycles. The van der Waals surface area contributed by atoms with Gasteiger partial charge in [0.05, 0.1) is 18.5 Å². The summed E-state index contributed by atoms with van der Waals surface area (Å²) in [5.41, 5.74) is 5.15. The first kappa shape index (κ1) is 22.6. The van der Waals surface area contributed by atoms with Crippen LogP contribution in [-0.4, -0.2) is 35.3 Å². The highest BCUT2D eigenvalue weighted by molar-refractivity contribution is 5.84. The summed E-state index contributed by atoms with van der Waals surface area (Å²) in [7, 11) is 0. The number of nitrogens with two attached hydrogens (primary N) is 1. The molecule has 0 aliphatic rings. The van der Waals surface area contributed by atoms with Gasteiger partial charge in [-0.05, 0) is 6.92 Å². The summed E-state index contributed by atoms with van der Waals surface area (Å²) in [4.78, 5) is 22.6. The molecule has 0 saturated heterocycles. The Labute approximate surface area is 168 Å². The summed E-state index contributed by atoms with van der Waals surface area (Å²) >= 11 is 0. The van der Waals surface area contributed by atoms with Crippen molar-refractivity contribution in [3.8, 4) is 0 Å². The lowest BCUT2D eigenvalue weighted by Gasteiger charge is -2.11. The van der Waals surface area contributed by atoms with Crippen LogP contribution in [0.1, 0.15) is 12.5 Å². The van der Waals surface area contributed by atoms with E-state index < -0.39 is 41.3 Å². The first-order valence-electron chi connectivity index (χ1n) is 8.58. The molecule has 0 radical (unpaired) electrons. The number of nitrogens with one attached hydrogen (secondary N) is 2. The summed E-state index contributed by atoms with van der Waals surface area (Å²) in [6.45, 7) is 1.15. The number of rotatable bonds is 9. The zero-order valence-electron chi connectivity index (χ0n) is 15.8. The maximum atomic E-state index is 13.9. The Hall–Kier alpha value is -3.70. The lowest BCUT2D eigenvalue weighted by Crippen LogP contribution is -2.12. The molecule has 0 aliphatic heterocycles. The average molecular weight is 426 g/mol. The molecule has 0 amide bonds. The molecular formula is C18H18F4N6O2. The van der Waals surface area contributed by atoms with Crippen LogP contribution in [0.2, 0.25) is 0 Å². The van der Waals surface area contributed by atoms with E-state index in [4.69, 9.17) is 10.5 Å². The van der Waals surface area contributed by atoms with Gasteiger partial charge in [0, 0.05) is 36.7 Å². The molecule has 0 atom stereocenters. The highest BCUT2D eigenvalue weighted by atomic mass is 19.1. The summed E-state index contributed by atoms with van der Waals surface area (Å²) in [6.07, 6.45) is 3.15. The number of carbonyl (C=O) groups is 1. The topological polar surface area (TPSA) is 115 Å². The number of ether oxygens (including phenoxy) is 1. The van der Waals surface area contributed by atoms with Gasteiger partial charge in [0.1, 0.15) is 24.0 Å². The summed E-state index contributed by atoms with van der Waals surface area (Å²) in [5.74, 6) is -5.22. The predicted molar refractivity (Wildman–Crippen MR) is 102 cm³/mol. The summed E-state index contributed by atoms with van der Waals surface area (Å²) in [6, 6.07) is 1.02. The number of esters is 1. The normalized spacial score (nSPS) is 11.6. The number of allylic oxidation sites excluding steroid dienone is 1. The van der Waals surface area contributed by atoms with Crippen molar-refractivity contribution < 1.29 is 27.1 Å². The highest BCUT2D eigenvalue weighted by Gasteiger charge is 2.14. The third-order valence-electron chi connectivity index (χ3n) is 3.47. The number of hydrogen-bond donors (Lipinski definition) is 3. The van der Waals surface area contributed by atoms with Crippen molar-refractivity contribution >= 4 is 24.0 Å². The minimum absolute atomic E-state index is 0.113. The molecular weight excluding hydrogens is 408 g/mol. The van der Waals surface area contributed by atoms with Gasteiger partial charge in [0.2, 0.25) is 5.95 Å². The fourth-order valence-corrected chi connectivity index (χ4v) is 2.14. The maximum Gasteiger partial charge on any atom is 0.327 e. The van der Waals surface area contributed by atoms with E-state index in [9.17, 15) is 22.4 Å². The number of hydrogen-bond acceptors (Lipinski definition) is 8. The molecule has 4 N–H and O–H groups in total. The second-order valence-corrected chi connectivity index (χ2v) is 5.61. The fourth-order valence-electron chi connectivity index (χ4n) is 2.14. The van der Waals surface area contributed by atoms with Gasteiger partial charge in [-0.2, -0.15) is 4.98 Å². The monoisotopic (exact) mass is 426 g/mol. The number of aliphatic imine (C=N–C) groups is 1. The second kappa shape index (κ2) is 10.7. The molecule has 160 valence electrons. The fraction of sp³-hybridized carbons (Fsp3) is 0.222. The molecule has 0 spiro atoms. The van der Waals surface area contributed by atoms with Gasteiger partial charge >= 0.3 is 5.97 Å². The average Bonchev–Trinajstić information content (AvgIpc) is 2.68. The molecule has 1 heterocycles. The van der Waals surface area contributed by atoms with E-state index in [1.165, 1.54) is 6.21 Å². The number of halogens is 4. The first-order valence-corrected chi connectivity index (χ1v) is 8.58.